The van der Waals surface area contributed by atoms with Crippen LogP contribution in [0.25, 0.3) is 11.1 Å². The number of benzene rings is 1. The topological polar surface area (TPSA) is 46.3 Å². The number of carbonyl (C=O) groups excluding carboxylic acids is 1. The van der Waals surface area contributed by atoms with E-state index in [4.69, 9.17) is 4.42 Å². The van der Waals surface area contributed by atoms with E-state index in [0.29, 0.717) is 12.1 Å². The molecule has 0 aliphatic carbocycles. The second kappa shape index (κ2) is 5.35. The molecule has 1 aromatic carbocycles. The van der Waals surface area contributed by atoms with Crippen molar-refractivity contribution in [2.45, 2.75) is 6.42 Å². The van der Waals surface area contributed by atoms with Crippen molar-refractivity contribution in [3.63, 3.8) is 0 Å². The maximum atomic E-state index is 13.1. The van der Waals surface area contributed by atoms with Crippen LogP contribution in [0.2, 0.25) is 0 Å². The van der Waals surface area contributed by atoms with Crippen molar-refractivity contribution < 1.29 is 13.6 Å². The summed E-state index contributed by atoms with van der Waals surface area (Å²) in [4.78, 5) is 18.7. The second-order valence-electron chi connectivity index (χ2n) is 5.38. The van der Waals surface area contributed by atoms with Gasteiger partial charge >= 0.3 is 0 Å². The molecule has 114 valence electrons. The fourth-order valence-electron chi connectivity index (χ4n) is 2.89. The minimum absolute atomic E-state index is 0.195. The number of rotatable bonds is 2. The number of aromatic nitrogens is 1. The molecule has 0 radical (unpaired) electrons. The van der Waals surface area contributed by atoms with E-state index >= 15 is 0 Å². The third kappa shape index (κ3) is 2.30. The minimum atomic E-state index is -0.314. The van der Waals surface area contributed by atoms with Gasteiger partial charge in [-0.3, -0.25) is 9.78 Å². The SMILES string of the molecule is O=C(c1occc1-c1ccc(F)cc1)N1CCc2cnccc21. The molecule has 1 aliphatic rings. The Labute approximate surface area is 132 Å². The van der Waals surface area contributed by atoms with Crippen LogP contribution >= 0.6 is 0 Å². The highest BCUT2D eigenvalue weighted by molar-refractivity contribution is 6.09. The predicted octanol–water partition coefficient (Wildman–Crippen LogP) is 3.68. The number of furan rings is 1. The largest absolute Gasteiger partial charge is 0.458 e. The lowest BCUT2D eigenvalue weighted by molar-refractivity contribution is 0.0963. The summed E-state index contributed by atoms with van der Waals surface area (Å²) in [6.07, 6.45) is 5.72. The van der Waals surface area contributed by atoms with Gasteiger partial charge in [0, 0.05) is 24.5 Å². The van der Waals surface area contributed by atoms with Crippen LogP contribution in [0.5, 0.6) is 0 Å². The first-order valence-electron chi connectivity index (χ1n) is 7.32. The number of pyridine rings is 1. The first-order valence-corrected chi connectivity index (χ1v) is 7.32. The Kier molecular flexibility index (Phi) is 3.19. The van der Waals surface area contributed by atoms with Crippen molar-refractivity contribution >= 4 is 11.6 Å². The molecule has 23 heavy (non-hydrogen) atoms. The molecule has 5 heteroatoms. The first-order chi connectivity index (χ1) is 11.2. The predicted molar refractivity (Wildman–Crippen MR) is 83.7 cm³/mol. The van der Waals surface area contributed by atoms with Gasteiger partial charge in [0.1, 0.15) is 5.82 Å². The zero-order valence-electron chi connectivity index (χ0n) is 12.2. The zero-order valence-corrected chi connectivity index (χ0v) is 12.2. The first kappa shape index (κ1) is 13.7. The fraction of sp³-hybridized carbons (Fsp3) is 0.111. The van der Waals surface area contributed by atoms with Crippen LogP contribution in [0.1, 0.15) is 16.1 Å². The van der Waals surface area contributed by atoms with Gasteiger partial charge < -0.3 is 9.32 Å². The molecule has 4 nitrogen and oxygen atoms in total. The smallest absolute Gasteiger partial charge is 0.294 e. The molecule has 3 aromatic rings. The normalized spacial score (nSPS) is 13.2. The Bertz CT molecular complexity index is 871. The van der Waals surface area contributed by atoms with Gasteiger partial charge in [0.2, 0.25) is 0 Å². The lowest BCUT2D eigenvalue weighted by atomic mass is 10.1. The molecule has 0 atom stereocenters. The molecule has 0 spiro atoms. The molecule has 0 saturated heterocycles. The number of hydrogen-bond acceptors (Lipinski definition) is 3. The molecule has 0 unspecified atom stereocenters. The molecule has 0 N–H and O–H groups in total. The van der Waals surface area contributed by atoms with E-state index in [0.717, 1.165) is 23.2 Å². The molecular formula is C18H13FN2O2. The molecule has 0 bridgehead atoms. The van der Waals surface area contributed by atoms with E-state index in [9.17, 15) is 9.18 Å². The van der Waals surface area contributed by atoms with Crippen LogP contribution in [-0.2, 0) is 6.42 Å². The van der Waals surface area contributed by atoms with Crippen molar-refractivity contribution in [3.8, 4) is 11.1 Å². The maximum Gasteiger partial charge on any atom is 0.294 e. The van der Waals surface area contributed by atoms with Gasteiger partial charge in [-0.15, -0.1) is 0 Å². The summed E-state index contributed by atoms with van der Waals surface area (Å²) in [5.74, 6) is -0.244. The Morgan fingerprint density at radius 3 is 2.83 bits per heavy atom. The van der Waals surface area contributed by atoms with E-state index < -0.39 is 0 Å². The van der Waals surface area contributed by atoms with Crippen LogP contribution in [-0.4, -0.2) is 17.4 Å². The van der Waals surface area contributed by atoms with E-state index in [1.165, 1.54) is 18.4 Å². The highest BCUT2D eigenvalue weighted by Crippen LogP contribution is 2.31. The lowest BCUT2D eigenvalue weighted by Gasteiger charge is -2.16. The van der Waals surface area contributed by atoms with Crippen LogP contribution in [0.4, 0.5) is 10.1 Å². The van der Waals surface area contributed by atoms with E-state index in [1.807, 2.05) is 6.07 Å². The molecular weight excluding hydrogens is 295 g/mol. The number of amides is 1. The fourth-order valence-corrected chi connectivity index (χ4v) is 2.89. The molecule has 3 heterocycles. The van der Waals surface area contributed by atoms with Crippen molar-refractivity contribution in [2.75, 3.05) is 11.4 Å². The molecule has 1 aliphatic heterocycles. The second-order valence-corrected chi connectivity index (χ2v) is 5.38. The van der Waals surface area contributed by atoms with Crippen LogP contribution in [0, 0.1) is 5.82 Å². The van der Waals surface area contributed by atoms with E-state index in [2.05, 4.69) is 4.98 Å². The van der Waals surface area contributed by atoms with E-state index in [1.54, 1.807) is 35.5 Å². The molecule has 0 saturated carbocycles. The number of halogens is 1. The van der Waals surface area contributed by atoms with Gasteiger partial charge in [0.15, 0.2) is 5.76 Å². The number of fused-ring (bicyclic) bond motifs is 1. The number of nitrogens with zero attached hydrogens (tertiary/aromatic N) is 2. The highest BCUT2D eigenvalue weighted by Gasteiger charge is 2.29. The Morgan fingerprint density at radius 2 is 2.00 bits per heavy atom. The van der Waals surface area contributed by atoms with Gasteiger partial charge in [-0.2, -0.15) is 0 Å². The Balaban J connectivity index is 1.71. The molecule has 4 rings (SSSR count). The zero-order chi connectivity index (χ0) is 15.8. The maximum absolute atomic E-state index is 13.1. The Hall–Kier alpha value is -2.95. The summed E-state index contributed by atoms with van der Waals surface area (Å²) in [6.45, 7) is 0.601. The third-order valence-corrected chi connectivity index (χ3v) is 4.03. The summed E-state index contributed by atoms with van der Waals surface area (Å²) >= 11 is 0. The van der Waals surface area contributed by atoms with Gasteiger partial charge in [-0.25, -0.2) is 4.39 Å². The standard InChI is InChI=1S/C18H13FN2O2/c19-14-3-1-12(2-4-14)15-7-10-23-17(15)18(22)21-9-6-13-11-20-8-5-16(13)21/h1-5,7-8,10-11H,6,9H2. The van der Waals surface area contributed by atoms with Gasteiger partial charge in [0.25, 0.3) is 5.91 Å². The lowest BCUT2D eigenvalue weighted by Crippen LogP contribution is -2.28. The van der Waals surface area contributed by atoms with E-state index in [-0.39, 0.29) is 17.5 Å². The number of anilines is 1. The van der Waals surface area contributed by atoms with Gasteiger partial charge in [-0.05, 0) is 41.8 Å². The third-order valence-electron chi connectivity index (χ3n) is 4.03. The van der Waals surface area contributed by atoms with Crippen molar-refractivity contribution in [2.24, 2.45) is 0 Å². The molecule has 2 aromatic heterocycles. The quantitative estimate of drug-likeness (QED) is 0.725. The van der Waals surface area contributed by atoms with Crippen LogP contribution in [0.3, 0.4) is 0 Å². The highest BCUT2D eigenvalue weighted by atomic mass is 19.1. The van der Waals surface area contributed by atoms with Gasteiger partial charge in [-0.1, -0.05) is 12.1 Å². The monoisotopic (exact) mass is 308 g/mol. The van der Waals surface area contributed by atoms with Crippen molar-refractivity contribution in [1.29, 1.82) is 0 Å². The summed E-state index contributed by atoms with van der Waals surface area (Å²) in [5, 5.41) is 0. The molecule has 1 amide bonds. The average molecular weight is 308 g/mol. The van der Waals surface area contributed by atoms with Crippen molar-refractivity contribution in [1.82, 2.24) is 4.98 Å². The van der Waals surface area contributed by atoms with Crippen LogP contribution in [0.15, 0.2) is 59.5 Å². The van der Waals surface area contributed by atoms with Crippen molar-refractivity contribution in [3.05, 3.63) is 72.2 Å². The summed E-state index contributed by atoms with van der Waals surface area (Å²) < 4.78 is 18.5. The summed E-state index contributed by atoms with van der Waals surface area (Å²) in [5.41, 5.74) is 3.33. The summed E-state index contributed by atoms with van der Waals surface area (Å²) in [7, 11) is 0. The van der Waals surface area contributed by atoms with Crippen LogP contribution < -0.4 is 4.90 Å². The van der Waals surface area contributed by atoms with Gasteiger partial charge in [0.05, 0.1) is 12.0 Å². The number of carbonyl (C=O) groups is 1. The molecule has 0 fully saturated rings. The minimum Gasteiger partial charge on any atom is -0.458 e. The summed E-state index contributed by atoms with van der Waals surface area (Å²) in [6, 6.07) is 9.57. The Morgan fingerprint density at radius 1 is 1.17 bits per heavy atom. The average Bonchev–Trinajstić information content (AvgIpc) is 3.22. The number of hydrogen-bond donors (Lipinski definition) is 0.